The highest BCUT2D eigenvalue weighted by Gasteiger charge is 2.27. The van der Waals surface area contributed by atoms with E-state index in [9.17, 15) is 4.79 Å². The highest BCUT2D eigenvalue weighted by Crippen LogP contribution is 2.29. The fraction of sp³-hybridized carbons (Fsp3) is 0.312. The fourth-order valence-corrected chi connectivity index (χ4v) is 2.94. The third kappa shape index (κ3) is 2.76. The molecule has 0 amide bonds. The fourth-order valence-electron chi connectivity index (χ4n) is 2.75. The number of rotatable bonds is 2. The van der Waals surface area contributed by atoms with Crippen molar-refractivity contribution in [2.75, 3.05) is 0 Å². The van der Waals surface area contributed by atoms with E-state index in [2.05, 4.69) is 9.97 Å². The number of halogens is 1. The Labute approximate surface area is 127 Å². The summed E-state index contributed by atoms with van der Waals surface area (Å²) in [5.41, 5.74) is 3.70. The van der Waals surface area contributed by atoms with Crippen LogP contribution in [-0.2, 0) is 17.6 Å². The number of carboxylic acid groups (broad SMARTS) is 1. The molecule has 0 saturated heterocycles. The lowest BCUT2D eigenvalue weighted by Crippen LogP contribution is -2.24. The lowest BCUT2D eigenvalue weighted by atomic mass is 9.86. The van der Waals surface area contributed by atoms with Crippen LogP contribution in [0.25, 0.3) is 11.4 Å². The Hall–Kier alpha value is -1.94. The van der Waals surface area contributed by atoms with E-state index in [-0.39, 0.29) is 5.92 Å². The van der Waals surface area contributed by atoms with Gasteiger partial charge in [0.1, 0.15) is 0 Å². The Morgan fingerprint density at radius 3 is 2.90 bits per heavy atom. The molecule has 0 saturated carbocycles. The second kappa shape index (κ2) is 5.45. The van der Waals surface area contributed by atoms with Crippen molar-refractivity contribution in [1.29, 1.82) is 0 Å². The number of fused-ring (bicyclic) bond motifs is 1. The smallest absolute Gasteiger partial charge is 0.306 e. The topological polar surface area (TPSA) is 63.1 Å². The molecule has 3 rings (SSSR count). The minimum Gasteiger partial charge on any atom is -0.481 e. The number of carboxylic acids is 1. The van der Waals surface area contributed by atoms with Gasteiger partial charge in [-0.1, -0.05) is 23.7 Å². The summed E-state index contributed by atoms with van der Waals surface area (Å²) in [4.78, 5) is 20.3. The van der Waals surface area contributed by atoms with Gasteiger partial charge in [0.05, 0.1) is 5.92 Å². The minimum absolute atomic E-state index is 0.322. The van der Waals surface area contributed by atoms with Crippen molar-refractivity contribution in [3.63, 3.8) is 0 Å². The second-order valence-corrected chi connectivity index (χ2v) is 5.78. The van der Waals surface area contributed by atoms with E-state index in [1.165, 1.54) is 0 Å². The summed E-state index contributed by atoms with van der Waals surface area (Å²) in [7, 11) is 0. The molecule has 2 aromatic rings. The van der Waals surface area contributed by atoms with E-state index < -0.39 is 5.97 Å². The Morgan fingerprint density at radius 1 is 1.38 bits per heavy atom. The molecular weight excluding hydrogens is 288 g/mol. The molecule has 21 heavy (non-hydrogen) atoms. The van der Waals surface area contributed by atoms with Crippen LogP contribution >= 0.6 is 11.6 Å². The normalized spacial score (nSPS) is 17.3. The predicted octanol–water partition coefficient (Wildman–Crippen LogP) is 3.29. The number of benzene rings is 1. The molecule has 108 valence electrons. The average molecular weight is 303 g/mol. The van der Waals surface area contributed by atoms with Crippen molar-refractivity contribution >= 4 is 17.6 Å². The summed E-state index contributed by atoms with van der Waals surface area (Å²) in [5, 5.41) is 9.81. The lowest BCUT2D eigenvalue weighted by Gasteiger charge is -2.22. The first-order valence-corrected chi connectivity index (χ1v) is 7.27. The Morgan fingerprint density at radius 2 is 2.19 bits per heavy atom. The predicted molar refractivity (Wildman–Crippen MR) is 80.4 cm³/mol. The van der Waals surface area contributed by atoms with Crippen LogP contribution in [0.4, 0.5) is 0 Å². The third-order valence-electron chi connectivity index (χ3n) is 3.91. The van der Waals surface area contributed by atoms with E-state index in [1.54, 1.807) is 0 Å². The van der Waals surface area contributed by atoms with Gasteiger partial charge >= 0.3 is 5.97 Å². The number of nitrogens with zero attached hydrogens (tertiary/aromatic N) is 2. The van der Waals surface area contributed by atoms with Crippen molar-refractivity contribution in [1.82, 2.24) is 9.97 Å². The van der Waals surface area contributed by atoms with Crippen LogP contribution in [0.1, 0.15) is 23.4 Å². The molecule has 1 unspecified atom stereocenters. The molecule has 0 aliphatic heterocycles. The maximum absolute atomic E-state index is 11.1. The SMILES string of the molecule is Cc1nc(-c2cccc(Cl)c2)nc2c1CC(C(=O)O)CC2. The number of aryl methyl sites for hydroxylation is 2. The van der Waals surface area contributed by atoms with Crippen molar-refractivity contribution in [2.24, 2.45) is 5.92 Å². The average Bonchev–Trinajstić information content (AvgIpc) is 2.46. The van der Waals surface area contributed by atoms with Gasteiger partial charge in [-0.05, 0) is 43.9 Å². The van der Waals surface area contributed by atoms with Crippen LogP contribution in [-0.4, -0.2) is 21.0 Å². The molecule has 5 heteroatoms. The van der Waals surface area contributed by atoms with Crippen LogP contribution in [0.3, 0.4) is 0 Å². The zero-order chi connectivity index (χ0) is 15.0. The monoisotopic (exact) mass is 302 g/mol. The summed E-state index contributed by atoms with van der Waals surface area (Å²) >= 11 is 6.01. The molecule has 4 nitrogen and oxygen atoms in total. The highest BCUT2D eigenvalue weighted by atomic mass is 35.5. The molecule has 0 radical (unpaired) electrons. The van der Waals surface area contributed by atoms with Gasteiger partial charge in [0.15, 0.2) is 5.82 Å². The van der Waals surface area contributed by atoms with Gasteiger partial charge in [-0.15, -0.1) is 0 Å². The standard InChI is InChI=1S/C16H15ClN2O2/c1-9-13-8-11(16(20)21)5-6-14(13)19-15(18-9)10-3-2-4-12(17)7-10/h2-4,7,11H,5-6,8H2,1H3,(H,20,21). The summed E-state index contributed by atoms with van der Waals surface area (Å²) < 4.78 is 0. The summed E-state index contributed by atoms with van der Waals surface area (Å²) in [5.74, 6) is -0.404. The van der Waals surface area contributed by atoms with E-state index >= 15 is 0 Å². The molecule has 1 heterocycles. The Bertz CT molecular complexity index is 715. The molecular formula is C16H15ClN2O2. The van der Waals surface area contributed by atoms with Crippen molar-refractivity contribution in [3.05, 3.63) is 46.2 Å². The Balaban J connectivity index is 2.01. The van der Waals surface area contributed by atoms with Gasteiger partial charge in [0.2, 0.25) is 0 Å². The van der Waals surface area contributed by atoms with Crippen molar-refractivity contribution in [3.8, 4) is 11.4 Å². The van der Waals surface area contributed by atoms with Crippen LogP contribution in [0.5, 0.6) is 0 Å². The molecule has 1 N–H and O–H groups in total. The lowest BCUT2D eigenvalue weighted by molar-refractivity contribution is -0.142. The van der Waals surface area contributed by atoms with Crippen LogP contribution in [0.2, 0.25) is 5.02 Å². The second-order valence-electron chi connectivity index (χ2n) is 5.35. The van der Waals surface area contributed by atoms with Crippen LogP contribution in [0, 0.1) is 12.8 Å². The van der Waals surface area contributed by atoms with Gasteiger partial charge in [0.25, 0.3) is 0 Å². The summed E-state index contributed by atoms with van der Waals surface area (Å²) in [6, 6.07) is 7.45. The number of hydrogen-bond donors (Lipinski definition) is 1. The van der Waals surface area contributed by atoms with Crippen LogP contribution in [0.15, 0.2) is 24.3 Å². The van der Waals surface area contributed by atoms with Gasteiger partial charge in [-0.3, -0.25) is 4.79 Å². The first kappa shape index (κ1) is 14.0. The van der Waals surface area contributed by atoms with Gasteiger partial charge in [-0.2, -0.15) is 0 Å². The number of aromatic nitrogens is 2. The molecule has 0 spiro atoms. The Kier molecular flexibility index (Phi) is 3.64. The largest absolute Gasteiger partial charge is 0.481 e. The molecule has 1 aliphatic carbocycles. The maximum atomic E-state index is 11.1. The van der Waals surface area contributed by atoms with Crippen molar-refractivity contribution in [2.45, 2.75) is 26.2 Å². The molecule has 1 aromatic heterocycles. The molecule has 0 fully saturated rings. The zero-order valence-electron chi connectivity index (χ0n) is 11.6. The van der Waals surface area contributed by atoms with Crippen molar-refractivity contribution < 1.29 is 9.90 Å². The van der Waals surface area contributed by atoms with E-state index in [4.69, 9.17) is 16.7 Å². The highest BCUT2D eigenvalue weighted by molar-refractivity contribution is 6.30. The zero-order valence-corrected chi connectivity index (χ0v) is 12.4. The number of hydrogen-bond acceptors (Lipinski definition) is 3. The molecule has 1 atom stereocenters. The van der Waals surface area contributed by atoms with E-state index in [0.29, 0.717) is 30.1 Å². The maximum Gasteiger partial charge on any atom is 0.306 e. The molecule has 1 aliphatic rings. The quantitative estimate of drug-likeness (QED) is 0.924. The molecule has 1 aromatic carbocycles. The van der Waals surface area contributed by atoms with Crippen LogP contribution < -0.4 is 0 Å². The molecule has 0 bridgehead atoms. The minimum atomic E-state index is -0.737. The third-order valence-corrected chi connectivity index (χ3v) is 4.15. The summed E-state index contributed by atoms with van der Waals surface area (Å²) in [6.45, 7) is 1.92. The van der Waals surface area contributed by atoms with Gasteiger partial charge in [-0.25, -0.2) is 9.97 Å². The number of carbonyl (C=O) groups is 1. The first-order valence-electron chi connectivity index (χ1n) is 6.89. The van der Waals surface area contributed by atoms with Gasteiger partial charge < -0.3 is 5.11 Å². The van der Waals surface area contributed by atoms with Gasteiger partial charge in [0, 0.05) is 22.0 Å². The number of aliphatic carboxylic acids is 1. The van der Waals surface area contributed by atoms with E-state index in [0.717, 1.165) is 22.5 Å². The van der Waals surface area contributed by atoms with E-state index in [1.807, 2.05) is 31.2 Å². The first-order chi connectivity index (χ1) is 10.0. The summed E-state index contributed by atoms with van der Waals surface area (Å²) in [6.07, 6.45) is 1.84.